The van der Waals surface area contributed by atoms with E-state index in [1.54, 1.807) is 30.3 Å². The number of nitrogens with zero attached hydrogens (tertiary/aromatic N) is 1. The number of primary amides is 1. The fourth-order valence-electron chi connectivity index (χ4n) is 2.91. The number of hydrogen-bond donors (Lipinski definition) is 2. The Morgan fingerprint density at radius 2 is 1.59 bits per heavy atom. The lowest BCUT2D eigenvalue weighted by Gasteiger charge is -2.22. The highest BCUT2D eigenvalue weighted by molar-refractivity contribution is 7.89. The third kappa shape index (κ3) is 5.86. The molecule has 0 saturated heterocycles. The molecule has 0 aliphatic rings. The zero-order valence-electron chi connectivity index (χ0n) is 16.7. The van der Waals surface area contributed by atoms with Crippen molar-refractivity contribution >= 4 is 50.7 Å². The predicted molar refractivity (Wildman–Crippen MR) is 124 cm³/mol. The Balaban J connectivity index is 1.88. The van der Waals surface area contributed by atoms with Gasteiger partial charge in [0.05, 0.1) is 11.6 Å². The number of rotatable bonds is 8. The molecular formula is C22H19Cl2N3O4S. The van der Waals surface area contributed by atoms with Crippen molar-refractivity contribution in [2.45, 2.75) is 11.4 Å². The number of amides is 2. The second kappa shape index (κ2) is 10.1. The molecule has 3 aromatic carbocycles. The quantitative estimate of drug-likeness (QED) is 0.497. The predicted octanol–water partition coefficient (Wildman–Crippen LogP) is 3.92. The molecule has 166 valence electrons. The Morgan fingerprint density at radius 3 is 2.22 bits per heavy atom. The molecule has 0 heterocycles. The second-order valence-electron chi connectivity index (χ2n) is 6.82. The van der Waals surface area contributed by atoms with Crippen LogP contribution in [0.15, 0.2) is 77.7 Å². The monoisotopic (exact) mass is 491 g/mol. The van der Waals surface area contributed by atoms with E-state index >= 15 is 0 Å². The van der Waals surface area contributed by atoms with Gasteiger partial charge in [-0.2, -0.15) is 4.31 Å². The van der Waals surface area contributed by atoms with Crippen LogP contribution in [0, 0.1) is 0 Å². The zero-order chi connectivity index (χ0) is 23.3. The standard InChI is InChI=1S/C22H19Cl2N3O4S/c23-17-8-11-19(24)20(12-17)32(30,31)27(13-15-4-2-1-3-5-15)14-21(28)26-18-9-6-16(7-10-18)22(25)29/h1-12H,13-14H2,(H2,25,29)(H,26,28). The highest BCUT2D eigenvalue weighted by atomic mass is 35.5. The van der Waals surface area contributed by atoms with Crippen LogP contribution in [-0.2, 0) is 21.4 Å². The van der Waals surface area contributed by atoms with Crippen LogP contribution >= 0.6 is 23.2 Å². The smallest absolute Gasteiger partial charge is 0.248 e. The van der Waals surface area contributed by atoms with Gasteiger partial charge >= 0.3 is 0 Å². The van der Waals surface area contributed by atoms with E-state index in [-0.39, 0.29) is 27.0 Å². The Bertz CT molecular complexity index is 1230. The first kappa shape index (κ1) is 23.7. The normalized spacial score (nSPS) is 11.3. The minimum Gasteiger partial charge on any atom is -0.366 e. The lowest BCUT2D eigenvalue weighted by atomic mass is 10.2. The fourth-order valence-corrected chi connectivity index (χ4v) is 5.03. The Labute approximate surface area is 195 Å². The molecule has 0 radical (unpaired) electrons. The fraction of sp³-hybridized carbons (Fsp3) is 0.0909. The molecule has 3 aromatic rings. The largest absolute Gasteiger partial charge is 0.366 e. The van der Waals surface area contributed by atoms with E-state index in [0.717, 1.165) is 4.31 Å². The van der Waals surface area contributed by atoms with Crippen LogP contribution in [-0.4, -0.2) is 31.1 Å². The number of benzene rings is 3. The maximum atomic E-state index is 13.4. The molecule has 0 aliphatic heterocycles. The van der Waals surface area contributed by atoms with Gasteiger partial charge in [0.2, 0.25) is 21.8 Å². The van der Waals surface area contributed by atoms with Gasteiger partial charge in [0.25, 0.3) is 0 Å². The summed E-state index contributed by atoms with van der Waals surface area (Å²) in [5.41, 5.74) is 6.57. The molecule has 0 saturated carbocycles. The minimum absolute atomic E-state index is 0.00471. The number of carbonyl (C=O) groups is 2. The van der Waals surface area contributed by atoms with Crippen LogP contribution < -0.4 is 11.1 Å². The van der Waals surface area contributed by atoms with Crippen molar-refractivity contribution in [3.05, 3.63) is 94.0 Å². The molecular weight excluding hydrogens is 473 g/mol. The van der Waals surface area contributed by atoms with E-state index in [2.05, 4.69) is 5.32 Å². The van der Waals surface area contributed by atoms with Crippen LogP contribution in [0.5, 0.6) is 0 Å². The summed E-state index contributed by atoms with van der Waals surface area (Å²) in [7, 11) is -4.16. The number of nitrogens with two attached hydrogens (primary N) is 1. The number of hydrogen-bond acceptors (Lipinski definition) is 4. The van der Waals surface area contributed by atoms with Gasteiger partial charge in [-0.25, -0.2) is 8.42 Å². The third-order valence-corrected chi connectivity index (χ3v) is 6.99. The summed E-state index contributed by atoms with van der Waals surface area (Å²) in [6.07, 6.45) is 0. The number of nitrogens with one attached hydrogen (secondary N) is 1. The summed E-state index contributed by atoms with van der Waals surface area (Å²) < 4.78 is 27.8. The average Bonchev–Trinajstić information content (AvgIpc) is 2.76. The Kier molecular flexibility index (Phi) is 7.52. The molecule has 0 aromatic heterocycles. The Hall–Kier alpha value is -2.91. The summed E-state index contributed by atoms with van der Waals surface area (Å²) >= 11 is 12.1. The Morgan fingerprint density at radius 1 is 0.938 bits per heavy atom. The molecule has 0 bridgehead atoms. The summed E-state index contributed by atoms with van der Waals surface area (Å²) in [6.45, 7) is -0.530. The summed E-state index contributed by atoms with van der Waals surface area (Å²) in [4.78, 5) is 23.7. The topological polar surface area (TPSA) is 110 Å². The van der Waals surface area contributed by atoms with Gasteiger partial charge in [0, 0.05) is 22.8 Å². The van der Waals surface area contributed by atoms with Gasteiger partial charge < -0.3 is 11.1 Å². The van der Waals surface area contributed by atoms with Gasteiger partial charge in [-0.3, -0.25) is 9.59 Å². The van der Waals surface area contributed by atoms with Crippen LogP contribution in [0.3, 0.4) is 0 Å². The van der Waals surface area contributed by atoms with Crippen LogP contribution in [0.1, 0.15) is 15.9 Å². The van der Waals surface area contributed by atoms with Gasteiger partial charge in [0.15, 0.2) is 0 Å². The molecule has 3 N–H and O–H groups in total. The van der Waals surface area contributed by atoms with Crippen molar-refractivity contribution in [3.8, 4) is 0 Å². The molecule has 10 heteroatoms. The van der Waals surface area contributed by atoms with Crippen molar-refractivity contribution in [2.24, 2.45) is 5.73 Å². The first-order valence-electron chi connectivity index (χ1n) is 9.35. The first-order chi connectivity index (χ1) is 15.2. The molecule has 7 nitrogen and oxygen atoms in total. The molecule has 0 aliphatic carbocycles. The van der Waals surface area contributed by atoms with Gasteiger partial charge in [0.1, 0.15) is 4.90 Å². The zero-order valence-corrected chi connectivity index (χ0v) is 19.0. The number of carbonyl (C=O) groups excluding carboxylic acids is 2. The number of sulfonamides is 1. The van der Waals surface area contributed by atoms with E-state index in [1.165, 1.54) is 42.5 Å². The molecule has 32 heavy (non-hydrogen) atoms. The van der Waals surface area contributed by atoms with Crippen molar-refractivity contribution in [2.75, 3.05) is 11.9 Å². The van der Waals surface area contributed by atoms with Crippen molar-refractivity contribution < 1.29 is 18.0 Å². The SMILES string of the molecule is NC(=O)c1ccc(NC(=O)CN(Cc2ccccc2)S(=O)(=O)c2cc(Cl)ccc2Cl)cc1. The van der Waals surface area contributed by atoms with Crippen LogP contribution in [0.4, 0.5) is 5.69 Å². The van der Waals surface area contributed by atoms with Crippen LogP contribution in [0.25, 0.3) is 0 Å². The highest BCUT2D eigenvalue weighted by Crippen LogP contribution is 2.28. The average molecular weight is 492 g/mol. The lowest BCUT2D eigenvalue weighted by molar-refractivity contribution is -0.116. The van der Waals surface area contributed by atoms with E-state index in [1.807, 2.05) is 0 Å². The summed E-state index contributed by atoms with van der Waals surface area (Å²) in [6, 6.07) is 18.9. The van der Waals surface area contributed by atoms with E-state index < -0.39 is 28.4 Å². The number of anilines is 1. The minimum atomic E-state index is -4.16. The van der Waals surface area contributed by atoms with Gasteiger partial charge in [-0.1, -0.05) is 53.5 Å². The van der Waals surface area contributed by atoms with Crippen LogP contribution in [0.2, 0.25) is 10.0 Å². The van der Waals surface area contributed by atoms with E-state index in [0.29, 0.717) is 11.3 Å². The van der Waals surface area contributed by atoms with Crippen molar-refractivity contribution in [3.63, 3.8) is 0 Å². The van der Waals surface area contributed by atoms with Gasteiger partial charge in [-0.05, 0) is 48.0 Å². The molecule has 2 amide bonds. The first-order valence-corrected chi connectivity index (χ1v) is 11.6. The molecule has 0 unspecified atom stereocenters. The molecule has 0 spiro atoms. The summed E-state index contributed by atoms with van der Waals surface area (Å²) in [5, 5.41) is 2.81. The maximum Gasteiger partial charge on any atom is 0.248 e. The van der Waals surface area contributed by atoms with Crippen molar-refractivity contribution in [1.29, 1.82) is 0 Å². The molecule has 0 atom stereocenters. The highest BCUT2D eigenvalue weighted by Gasteiger charge is 2.29. The number of halogens is 2. The van der Waals surface area contributed by atoms with Crippen molar-refractivity contribution in [1.82, 2.24) is 4.31 Å². The molecule has 0 fully saturated rings. The molecule has 3 rings (SSSR count). The lowest BCUT2D eigenvalue weighted by Crippen LogP contribution is -2.37. The maximum absolute atomic E-state index is 13.4. The summed E-state index contributed by atoms with van der Waals surface area (Å²) in [5.74, 6) is -1.17. The van der Waals surface area contributed by atoms with E-state index in [9.17, 15) is 18.0 Å². The second-order valence-corrected chi connectivity index (χ2v) is 9.57. The third-order valence-electron chi connectivity index (χ3n) is 4.49. The van der Waals surface area contributed by atoms with Gasteiger partial charge in [-0.15, -0.1) is 0 Å². The van der Waals surface area contributed by atoms with E-state index in [4.69, 9.17) is 28.9 Å².